The lowest BCUT2D eigenvalue weighted by molar-refractivity contribution is 0.0929. The minimum atomic E-state index is -0.138. The van der Waals surface area contributed by atoms with Crippen molar-refractivity contribution in [3.8, 4) is 11.3 Å². The van der Waals surface area contributed by atoms with Crippen LogP contribution in [0.4, 0.5) is 0 Å². The second-order valence-corrected chi connectivity index (χ2v) is 6.29. The van der Waals surface area contributed by atoms with E-state index in [1.165, 1.54) is 6.39 Å². The number of carbonyl (C=O) groups is 1. The average Bonchev–Trinajstić information content (AvgIpc) is 3.32. The van der Waals surface area contributed by atoms with E-state index in [0.717, 1.165) is 24.1 Å². The van der Waals surface area contributed by atoms with Crippen LogP contribution in [-0.2, 0) is 0 Å². The molecular formula is C19H18N4O2. The van der Waals surface area contributed by atoms with Gasteiger partial charge in [-0.05, 0) is 43.9 Å². The summed E-state index contributed by atoms with van der Waals surface area (Å²) < 4.78 is 5.27. The number of carbonyl (C=O) groups excluding carboxylic acids is 1. The standard InChI is InChI=1S/C19H18N4O2/c1-12-8-9-21-18(22-12)17(14-4-5-14)23-19(24)15-6-2-13(3-7-15)16-10-20-11-25-16/h2-3,6-11,14,17H,4-5H2,1H3,(H,23,24). The molecule has 2 heterocycles. The number of amides is 1. The molecule has 3 aromatic rings. The van der Waals surface area contributed by atoms with Crippen LogP contribution in [0.2, 0.25) is 0 Å². The molecule has 0 saturated heterocycles. The highest BCUT2D eigenvalue weighted by molar-refractivity contribution is 5.94. The zero-order valence-electron chi connectivity index (χ0n) is 13.8. The summed E-state index contributed by atoms with van der Waals surface area (Å²) in [6.45, 7) is 1.93. The van der Waals surface area contributed by atoms with Gasteiger partial charge in [-0.2, -0.15) is 0 Å². The van der Waals surface area contributed by atoms with Crippen LogP contribution < -0.4 is 5.32 Å². The van der Waals surface area contributed by atoms with Gasteiger partial charge >= 0.3 is 0 Å². The molecule has 2 aromatic heterocycles. The van der Waals surface area contributed by atoms with Crippen molar-refractivity contribution < 1.29 is 9.21 Å². The van der Waals surface area contributed by atoms with Gasteiger partial charge in [0.05, 0.1) is 12.2 Å². The summed E-state index contributed by atoms with van der Waals surface area (Å²) in [7, 11) is 0. The Morgan fingerprint density at radius 3 is 2.68 bits per heavy atom. The van der Waals surface area contributed by atoms with Gasteiger partial charge in [-0.25, -0.2) is 15.0 Å². The Morgan fingerprint density at radius 2 is 2.04 bits per heavy atom. The largest absolute Gasteiger partial charge is 0.444 e. The first kappa shape index (κ1) is 15.5. The zero-order chi connectivity index (χ0) is 17.2. The van der Waals surface area contributed by atoms with E-state index in [4.69, 9.17) is 4.42 Å². The molecule has 0 spiro atoms. The number of aryl methyl sites for hydroxylation is 1. The lowest BCUT2D eigenvalue weighted by Crippen LogP contribution is -2.31. The molecular weight excluding hydrogens is 316 g/mol. The molecule has 6 heteroatoms. The van der Waals surface area contributed by atoms with E-state index in [9.17, 15) is 4.79 Å². The maximum atomic E-state index is 12.6. The summed E-state index contributed by atoms with van der Waals surface area (Å²) >= 11 is 0. The van der Waals surface area contributed by atoms with E-state index in [-0.39, 0.29) is 11.9 Å². The fourth-order valence-electron chi connectivity index (χ4n) is 2.81. The first-order valence-corrected chi connectivity index (χ1v) is 8.30. The summed E-state index contributed by atoms with van der Waals surface area (Å²) in [5.41, 5.74) is 2.39. The van der Waals surface area contributed by atoms with Gasteiger partial charge in [0.25, 0.3) is 5.91 Å². The molecule has 1 aliphatic carbocycles. The van der Waals surface area contributed by atoms with Crippen molar-refractivity contribution in [2.75, 3.05) is 0 Å². The monoisotopic (exact) mass is 334 g/mol. The maximum absolute atomic E-state index is 12.6. The molecule has 1 N–H and O–H groups in total. The van der Waals surface area contributed by atoms with Crippen molar-refractivity contribution in [3.63, 3.8) is 0 Å². The van der Waals surface area contributed by atoms with Crippen molar-refractivity contribution in [1.82, 2.24) is 20.3 Å². The molecule has 1 unspecified atom stereocenters. The van der Waals surface area contributed by atoms with Gasteiger partial charge in [-0.3, -0.25) is 4.79 Å². The fraction of sp³-hybridized carbons (Fsp3) is 0.263. The van der Waals surface area contributed by atoms with Crippen LogP contribution in [-0.4, -0.2) is 20.9 Å². The predicted octanol–water partition coefficient (Wildman–Crippen LogP) is 3.32. The summed E-state index contributed by atoms with van der Waals surface area (Å²) in [5.74, 6) is 1.66. The molecule has 1 fully saturated rings. The summed E-state index contributed by atoms with van der Waals surface area (Å²) in [6, 6.07) is 9.00. The molecule has 25 heavy (non-hydrogen) atoms. The van der Waals surface area contributed by atoms with E-state index in [2.05, 4.69) is 20.3 Å². The van der Waals surface area contributed by atoms with Gasteiger partial charge in [-0.15, -0.1) is 0 Å². The Labute approximate surface area is 145 Å². The zero-order valence-corrected chi connectivity index (χ0v) is 13.8. The van der Waals surface area contributed by atoms with Crippen molar-refractivity contribution in [3.05, 3.63) is 66.2 Å². The third-order valence-corrected chi connectivity index (χ3v) is 4.34. The maximum Gasteiger partial charge on any atom is 0.251 e. The molecule has 1 aromatic carbocycles. The van der Waals surface area contributed by atoms with Crippen LogP contribution in [0, 0.1) is 12.8 Å². The molecule has 1 saturated carbocycles. The average molecular weight is 334 g/mol. The van der Waals surface area contributed by atoms with E-state index < -0.39 is 0 Å². The van der Waals surface area contributed by atoms with Crippen molar-refractivity contribution in [2.45, 2.75) is 25.8 Å². The number of oxazole rings is 1. The summed E-state index contributed by atoms with van der Waals surface area (Å²) in [6.07, 6.45) is 6.95. The van der Waals surface area contributed by atoms with Crippen molar-refractivity contribution in [1.29, 1.82) is 0 Å². The molecule has 0 bridgehead atoms. The lowest BCUT2D eigenvalue weighted by Gasteiger charge is -2.17. The number of hydrogen-bond donors (Lipinski definition) is 1. The van der Waals surface area contributed by atoms with Gasteiger partial charge in [0.15, 0.2) is 18.0 Å². The highest BCUT2D eigenvalue weighted by atomic mass is 16.3. The Kier molecular flexibility index (Phi) is 4.01. The lowest BCUT2D eigenvalue weighted by atomic mass is 10.1. The molecule has 1 amide bonds. The second kappa shape index (κ2) is 6.47. The SMILES string of the molecule is Cc1ccnc(C(NC(=O)c2ccc(-c3cnco3)cc2)C2CC2)n1. The van der Waals surface area contributed by atoms with Gasteiger partial charge in [-0.1, -0.05) is 12.1 Å². The second-order valence-electron chi connectivity index (χ2n) is 6.29. The summed E-state index contributed by atoms with van der Waals surface area (Å²) in [4.78, 5) is 25.4. The van der Waals surface area contributed by atoms with Crippen molar-refractivity contribution in [2.24, 2.45) is 5.92 Å². The molecule has 4 rings (SSSR count). The van der Waals surface area contributed by atoms with Crippen LogP contribution >= 0.6 is 0 Å². The smallest absolute Gasteiger partial charge is 0.251 e. The Balaban J connectivity index is 1.52. The Hall–Kier alpha value is -3.02. The predicted molar refractivity (Wildman–Crippen MR) is 91.6 cm³/mol. The third-order valence-electron chi connectivity index (χ3n) is 4.34. The minimum Gasteiger partial charge on any atom is -0.444 e. The number of benzene rings is 1. The number of nitrogens with one attached hydrogen (secondary N) is 1. The van der Waals surface area contributed by atoms with Gasteiger partial charge in [0.1, 0.15) is 0 Å². The number of nitrogens with zero attached hydrogens (tertiary/aromatic N) is 3. The molecule has 6 nitrogen and oxygen atoms in total. The Bertz CT molecular complexity index is 871. The first-order valence-electron chi connectivity index (χ1n) is 8.30. The van der Waals surface area contributed by atoms with E-state index >= 15 is 0 Å². The Morgan fingerprint density at radius 1 is 1.24 bits per heavy atom. The highest BCUT2D eigenvalue weighted by Gasteiger charge is 2.35. The van der Waals surface area contributed by atoms with E-state index in [1.54, 1.807) is 24.5 Å². The van der Waals surface area contributed by atoms with Crippen molar-refractivity contribution >= 4 is 5.91 Å². The van der Waals surface area contributed by atoms with Crippen LogP contribution in [0.1, 0.15) is 40.8 Å². The first-order chi connectivity index (χ1) is 12.2. The number of hydrogen-bond acceptors (Lipinski definition) is 5. The van der Waals surface area contributed by atoms with E-state index in [1.807, 2.05) is 25.1 Å². The number of aromatic nitrogens is 3. The van der Waals surface area contributed by atoms with Crippen LogP contribution in [0.5, 0.6) is 0 Å². The number of rotatable bonds is 5. The quantitative estimate of drug-likeness (QED) is 0.774. The van der Waals surface area contributed by atoms with Gasteiger partial charge in [0, 0.05) is 23.0 Å². The highest BCUT2D eigenvalue weighted by Crippen LogP contribution is 2.40. The van der Waals surface area contributed by atoms with Crippen LogP contribution in [0.25, 0.3) is 11.3 Å². The summed E-state index contributed by atoms with van der Waals surface area (Å²) in [5, 5.41) is 3.09. The molecule has 0 aliphatic heterocycles. The molecule has 1 aliphatic rings. The molecule has 1 atom stereocenters. The van der Waals surface area contributed by atoms with Gasteiger partial charge in [0.2, 0.25) is 0 Å². The molecule has 0 radical (unpaired) electrons. The van der Waals surface area contributed by atoms with Crippen LogP contribution in [0.3, 0.4) is 0 Å². The minimum absolute atomic E-state index is 0.119. The van der Waals surface area contributed by atoms with E-state index in [0.29, 0.717) is 23.1 Å². The normalized spacial score (nSPS) is 14.9. The third kappa shape index (κ3) is 3.42. The van der Waals surface area contributed by atoms with Gasteiger partial charge < -0.3 is 9.73 Å². The fourth-order valence-corrected chi connectivity index (χ4v) is 2.81. The molecule has 126 valence electrons. The topological polar surface area (TPSA) is 80.9 Å². The van der Waals surface area contributed by atoms with Crippen LogP contribution in [0.15, 0.2) is 53.5 Å².